The van der Waals surface area contributed by atoms with Crippen LogP contribution in [0.2, 0.25) is 0 Å². The normalized spacial score (nSPS) is 36.8. The van der Waals surface area contributed by atoms with Gasteiger partial charge in [-0.2, -0.15) is 0 Å². The topological polar surface area (TPSA) is 158 Å². The zero-order valence-corrected chi connectivity index (χ0v) is 31.0. The predicted molar refractivity (Wildman–Crippen MR) is 192 cm³/mol. The minimum absolute atomic E-state index is 0.0729. The zero-order chi connectivity index (χ0) is 37.0. The van der Waals surface area contributed by atoms with E-state index < -0.39 is 72.7 Å². The number of ketones is 1. The zero-order valence-electron chi connectivity index (χ0n) is 31.0. The summed E-state index contributed by atoms with van der Waals surface area (Å²) in [6, 6.07) is 9.51. The Morgan fingerprint density at radius 3 is 2.34 bits per heavy atom. The van der Waals surface area contributed by atoms with E-state index in [-0.39, 0.29) is 24.7 Å². The average molecular weight is 703 g/mol. The second kappa shape index (κ2) is 20.5. The highest BCUT2D eigenvalue weighted by molar-refractivity contribution is 5.91. The van der Waals surface area contributed by atoms with Crippen LogP contribution in [0.15, 0.2) is 54.1 Å². The van der Waals surface area contributed by atoms with Crippen LogP contribution in [0.1, 0.15) is 65.9 Å². The van der Waals surface area contributed by atoms with Crippen molar-refractivity contribution in [3.63, 3.8) is 0 Å². The molecule has 0 saturated carbocycles. The van der Waals surface area contributed by atoms with E-state index in [4.69, 9.17) is 14.2 Å². The molecule has 1 aromatic carbocycles. The van der Waals surface area contributed by atoms with Gasteiger partial charge >= 0.3 is 5.97 Å². The number of aliphatic hydroxyl groups excluding tert-OH is 4. The number of nitrogens with zero attached hydrogens (tertiary/aromatic N) is 1. The Bertz CT molecular complexity index is 1240. The van der Waals surface area contributed by atoms with Gasteiger partial charge in [-0.1, -0.05) is 68.8 Å². The van der Waals surface area contributed by atoms with Crippen LogP contribution in [0.25, 0.3) is 0 Å². The molecule has 0 aliphatic carbocycles. The lowest BCUT2D eigenvalue weighted by Crippen LogP contribution is -2.63. The van der Waals surface area contributed by atoms with Gasteiger partial charge in [-0.15, -0.1) is 0 Å². The van der Waals surface area contributed by atoms with Crippen molar-refractivity contribution in [2.24, 2.45) is 23.7 Å². The molecule has 1 aromatic rings. The van der Waals surface area contributed by atoms with Crippen LogP contribution in [0.4, 0.5) is 0 Å². The Kier molecular flexibility index (Phi) is 17.2. The Labute approximate surface area is 298 Å². The van der Waals surface area contributed by atoms with Gasteiger partial charge in [-0.3, -0.25) is 9.59 Å². The number of allylic oxidation sites excluding steroid dienone is 3. The lowest BCUT2D eigenvalue weighted by atomic mass is 9.79. The quantitative estimate of drug-likeness (QED) is 0.171. The van der Waals surface area contributed by atoms with Crippen LogP contribution < -0.4 is 5.32 Å². The number of hydrogen-bond donors (Lipinski definition) is 5. The van der Waals surface area contributed by atoms with Crippen LogP contribution >= 0.6 is 0 Å². The summed E-state index contributed by atoms with van der Waals surface area (Å²) in [5.74, 6) is -2.50. The SMILES string of the molecule is CC[C@H]1OC(=O)C[C@@H](O)[C@H](C)[C@@H](O[C@@H]2O[C@H](C)[C@@H](O)[C@H](N(C)C)[C@H]2O)[C@@H](CCNCCc2ccccc2)C[C@@H](C)C(=O)/C=C/C(C)=C/[C@@H]1CO. The number of carbonyl (C=O) groups excluding carboxylic acids is 2. The first kappa shape index (κ1) is 41.9. The molecule has 1 saturated heterocycles. The van der Waals surface area contributed by atoms with Crippen molar-refractivity contribution in [3.05, 3.63) is 59.7 Å². The smallest absolute Gasteiger partial charge is 0.308 e. The Morgan fingerprint density at radius 2 is 1.70 bits per heavy atom. The van der Waals surface area contributed by atoms with E-state index in [0.29, 0.717) is 25.8 Å². The molecule has 0 aromatic heterocycles. The summed E-state index contributed by atoms with van der Waals surface area (Å²) in [4.78, 5) is 28.5. The first-order valence-electron chi connectivity index (χ1n) is 18.2. The molecule has 3 rings (SSSR count). The van der Waals surface area contributed by atoms with Crippen molar-refractivity contribution < 1.29 is 44.2 Å². The van der Waals surface area contributed by atoms with E-state index >= 15 is 0 Å². The number of likely N-dealkylation sites (N-methyl/N-ethyl adjacent to an activating group) is 1. The second-order valence-electron chi connectivity index (χ2n) is 14.5. The molecule has 0 bridgehead atoms. The highest BCUT2D eigenvalue weighted by Gasteiger charge is 2.47. The molecule has 5 N–H and O–H groups in total. The summed E-state index contributed by atoms with van der Waals surface area (Å²) in [5.41, 5.74) is 1.98. The number of hydrogen-bond acceptors (Lipinski definition) is 11. The number of nitrogens with one attached hydrogen (secondary N) is 1. The number of carbonyl (C=O) groups is 2. The number of rotatable bonds is 11. The lowest BCUT2D eigenvalue weighted by Gasteiger charge is -2.46. The standard InChI is InChI=1S/C39H62N2O9/c1-8-33-30(23-42)20-24(2)14-15-31(43)25(3)21-29(17-19-40-18-16-28-12-10-9-11-13-28)38(26(4)32(44)22-34(45)49-33)50-39-37(47)35(41(6)7)36(46)27(5)48-39/h9-15,20,25-27,29-30,32-33,35-40,42,44,46-47H,8,16-19,21-23H2,1-7H3/b15-14+,24-20+/t25-,26+,27-,29+,30-,32-,33-,35+,36-,37-,38-,39+/m1/s1. The number of aliphatic hydroxyl groups is 4. The Morgan fingerprint density at radius 1 is 1.00 bits per heavy atom. The van der Waals surface area contributed by atoms with E-state index in [2.05, 4.69) is 17.4 Å². The molecule has 2 aliphatic rings. The van der Waals surface area contributed by atoms with Crippen LogP contribution in [-0.4, -0.2) is 120 Å². The molecular formula is C39H62N2O9. The predicted octanol–water partition coefficient (Wildman–Crippen LogP) is 3.04. The monoisotopic (exact) mass is 702 g/mol. The average Bonchev–Trinajstić information content (AvgIpc) is 3.08. The molecule has 1 fully saturated rings. The van der Waals surface area contributed by atoms with Gasteiger partial charge in [0.2, 0.25) is 0 Å². The number of benzene rings is 1. The molecule has 0 radical (unpaired) electrons. The van der Waals surface area contributed by atoms with Gasteiger partial charge in [0.25, 0.3) is 0 Å². The third kappa shape index (κ3) is 12.1. The van der Waals surface area contributed by atoms with E-state index in [1.807, 2.05) is 45.0 Å². The van der Waals surface area contributed by atoms with Crippen LogP contribution in [0.5, 0.6) is 0 Å². The maximum atomic E-state index is 13.5. The fourth-order valence-electron chi connectivity index (χ4n) is 7.15. The van der Waals surface area contributed by atoms with Crippen molar-refractivity contribution >= 4 is 11.8 Å². The molecule has 0 unspecified atom stereocenters. The number of esters is 1. The molecule has 11 nitrogen and oxygen atoms in total. The molecule has 2 heterocycles. The van der Waals surface area contributed by atoms with Crippen molar-refractivity contribution in [2.75, 3.05) is 33.8 Å². The largest absolute Gasteiger partial charge is 0.462 e. The first-order valence-corrected chi connectivity index (χ1v) is 18.2. The van der Waals surface area contributed by atoms with Gasteiger partial charge in [0, 0.05) is 17.8 Å². The van der Waals surface area contributed by atoms with E-state index in [9.17, 15) is 30.0 Å². The molecule has 2 aliphatic heterocycles. The van der Waals surface area contributed by atoms with Gasteiger partial charge < -0.3 is 44.9 Å². The number of cyclic esters (lactones) is 1. The summed E-state index contributed by atoms with van der Waals surface area (Å²) < 4.78 is 18.5. The summed E-state index contributed by atoms with van der Waals surface area (Å²) in [6.45, 7) is 10.2. The van der Waals surface area contributed by atoms with Crippen molar-refractivity contribution in [1.29, 1.82) is 0 Å². The Hall–Kier alpha value is -2.48. The molecule has 12 atom stereocenters. The Balaban J connectivity index is 1.97. The highest BCUT2D eigenvalue weighted by Crippen LogP contribution is 2.34. The third-order valence-electron chi connectivity index (χ3n) is 10.3. The minimum Gasteiger partial charge on any atom is -0.462 e. The molecule has 11 heteroatoms. The highest BCUT2D eigenvalue weighted by atomic mass is 16.7. The fourth-order valence-corrected chi connectivity index (χ4v) is 7.15. The van der Waals surface area contributed by atoms with Crippen LogP contribution in [0, 0.1) is 23.7 Å². The first-order chi connectivity index (χ1) is 23.8. The lowest BCUT2D eigenvalue weighted by molar-refractivity contribution is -0.304. The van der Waals surface area contributed by atoms with Gasteiger partial charge in [-0.05, 0) is 84.3 Å². The summed E-state index contributed by atoms with van der Waals surface area (Å²) >= 11 is 0. The summed E-state index contributed by atoms with van der Waals surface area (Å²) in [5, 5.41) is 47.5. The molecule has 282 valence electrons. The van der Waals surface area contributed by atoms with Crippen molar-refractivity contribution in [2.45, 2.75) is 116 Å². The molecule has 50 heavy (non-hydrogen) atoms. The van der Waals surface area contributed by atoms with Gasteiger partial charge in [-0.25, -0.2) is 0 Å². The second-order valence-corrected chi connectivity index (χ2v) is 14.5. The van der Waals surface area contributed by atoms with Gasteiger partial charge in [0.15, 0.2) is 12.1 Å². The summed E-state index contributed by atoms with van der Waals surface area (Å²) in [7, 11) is 3.53. The van der Waals surface area contributed by atoms with Crippen molar-refractivity contribution in [1.82, 2.24) is 10.2 Å². The maximum absolute atomic E-state index is 13.5. The van der Waals surface area contributed by atoms with Gasteiger partial charge in [0.1, 0.15) is 12.2 Å². The molecular weight excluding hydrogens is 640 g/mol. The minimum atomic E-state index is -1.21. The van der Waals surface area contributed by atoms with Crippen molar-refractivity contribution in [3.8, 4) is 0 Å². The summed E-state index contributed by atoms with van der Waals surface area (Å²) in [6.07, 6.45) is 0.536. The van der Waals surface area contributed by atoms with Gasteiger partial charge in [0.05, 0.1) is 43.5 Å². The maximum Gasteiger partial charge on any atom is 0.308 e. The fraction of sp³-hybridized carbons (Fsp3) is 0.692. The van der Waals surface area contributed by atoms with E-state index in [1.54, 1.807) is 45.0 Å². The van der Waals surface area contributed by atoms with Crippen LogP contribution in [0.3, 0.4) is 0 Å². The van der Waals surface area contributed by atoms with Crippen LogP contribution in [-0.2, 0) is 30.2 Å². The number of ether oxygens (including phenoxy) is 3. The van der Waals surface area contributed by atoms with E-state index in [1.165, 1.54) is 5.56 Å². The third-order valence-corrected chi connectivity index (χ3v) is 10.3. The molecule has 0 amide bonds. The van der Waals surface area contributed by atoms with E-state index in [0.717, 1.165) is 18.5 Å². The molecule has 0 spiro atoms.